The highest BCUT2D eigenvalue weighted by Crippen LogP contribution is 2.30. The summed E-state index contributed by atoms with van der Waals surface area (Å²) in [6.45, 7) is 1.93. The number of hydrogen-bond acceptors (Lipinski definition) is 3. The van der Waals surface area contributed by atoms with Crippen molar-refractivity contribution in [2.24, 2.45) is 0 Å². The van der Waals surface area contributed by atoms with Crippen molar-refractivity contribution in [2.75, 3.05) is 13.1 Å². The number of nitrogens with zero attached hydrogens (tertiary/aromatic N) is 2. The third kappa shape index (κ3) is 3.42. The number of alkyl halides is 2. The number of hydrogen-bond donors (Lipinski definition) is 2. The van der Waals surface area contributed by atoms with Crippen LogP contribution >= 0.6 is 0 Å². The first-order valence-electron chi connectivity index (χ1n) is 8.89. The molecule has 0 saturated carbocycles. The number of halogens is 2. The average molecular weight is 357 g/mol. The highest BCUT2D eigenvalue weighted by Gasteiger charge is 2.21. The standard InChI is InChI=1S/C20H21F2N3O/c21-20(22)16-4-3-14-2-1-13(9-17(14)11-16)10-19-18(12-25(26)24-19)15-5-7-23-8-6-15/h1-4,9,11-12,15,20,23,26H,5-8,10H2. The molecule has 0 spiro atoms. The summed E-state index contributed by atoms with van der Waals surface area (Å²) in [6, 6.07) is 10.6. The molecule has 1 saturated heterocycles. The Bertz CT molecular complexity index is 917. The van der Waals surface area contributed by atoms with Crippen molar-refractivity contribution >= 4 is 10.8 Å². The quantitative estimate of drug-likeness (QED) is 0.686. The van der Waals surface area contributed by atoms with Crippen LogP contribution in [0.3, 0.4) is 0 Å². The lowest BCUT2D eigenvalue weighted by molar-refractivity contribution is 0.147. The van der Waals surface area contributed by atoms with E-state index in [1.165, 1.54) is 6.07 Å². The topological polar surface area (TPSA) is 50.1 Å². The molecule has 26 heavy (non-hydrogen) atoms. The number of benzene rings is 2. The smallest absolute Gasteiger partial charge is 0.263 e. The van der Waals surface area contributed by atoms with Gasteiger partial charge in [0.05, 0.1) is 11.9 Å². The molecular weight excluding hydrogens is 336 g/mol. The van der Waals surface area contributed by atoms with Gasteiger partial charge in [-0.2, -0.15) is 0 Å². The number of fused-ring (bicyclic) bond motifs is 1. The van der Waals surface area contributed by atoms with Gasteiger partial charge in [-0.25, -0.2) is 8.78 Å². The lowest BCUT2D eigenvalue weighted by atomic mass is 9.89. The lowest BCUT2D eigenvalue weighted by Gasteiger charge is -2.22. The van der Waals surface area contributed by atoms with E-state index in [2.05, 4.69) is 10.4 Å². The van der Waals surface area contributed by atoms with Crippen molar-refractivity contribution in [1.82, 2.24) is 15.3 Å². The molecule has 1 aliphatic heterocycles. The van der Waals surface area contributed by atoms with Crippen LogP contribution in [0.2, 0.25) is 0 Å². The number of rotatable bonds is 4. The molecule has 0 atom stereocenters. The van der Waals surface area contributed by atoms with Gasteiger partial charge in [-0.1, -0.05) is 30.3 Å². The lowest BCUT2D eigenvalue weighted by Crippen LogP contribution is -2.26. The Morgan fingerprint density at radius 2 is 1.88 bits per heavy atom. The molecule has 0 amide bonds. The van der Waals surface area contributed by atoms with E-state index in [9.17, 15) is 14.0 Å². The molecule has 1 fully saturated rings. The molecule has 0 radical (unpaired) electrons. The van der Waals surface area contributed by atoms with Gasteiger partial charge < -0.3 is 10.5 Å². The van der Waals surface area contributed by atoms with Crippen molar-refractivity contribution in [2.45, 2.75) is 31.6 Å². The van der Waals surface area contributed by atoms with Crippen LogP contribution in [0.25, 0.3) is 10.8 Å². The molecule has 0 unspecified atom stereocenters. The Balaban J connectivity index is 1.64. The minimum Gasteiger partial charge on any atom is -0.412 e. The number of aromatic nitrogens is 2. The van der Waals surface area contributed by atoms with Gasteiger partial charge in [0.15, 0.2) is 0 Å². The molecule has 2 aromatic carbocycles. The fourth-order valence-corrected chi connectivity index (χ4v) is 3.77. The molecule has 0 aliphatic carbocycles. The predicted molar refractivity (Wildman–Crippen MR) is 96.0 cm³/mol. The largest absolute Gasteiger partial charge is 0.412 e. The maximum absolute atomic E-state index is 13.0. The zero-order valence-electron chi connectivity index (χ0n) is 14.3. The first-order valence-corrected chi connectivity index (χ1v) is 8.89. The SMILES string of the molecule is On1cc(C2CCNCC2)c(Cc2ccc3ccc(C(F)F)cc3c2)n1. The average Bonchev–Trinajstić information content (AvgIpc) is 3.02. The Labute approximate surface area is 150 Å². The zero-order chi connectivity index (χ0) is 18.1. The van der Waals surface area contributed by atoms with E-state index >= 15 is 0 Å². The molecule has 136 valence electrons. The monoisotopic (exact) mass is 357 g/mol. The van der Waals surface area contributed by atoms with Crippen LogP contribution < -0.4 is 5.32 Å². The van der Waals surface area contributed by atoms with E-state index in [0.29, 0.717) is 12.3 Å². The predicted octanol–water partition coefficient (Wildman–Crippen LogP) is 4.27. The van der Waals surface area contributed by atoms with Gasteiger partial charge in [0.1, 0.15) is 0 Å². The van der Waals surface area contributed by atoms with E-state index in [1.54, 1.807) is 18.3 Å². The molecular formula is C20H21F2N3O. The summed E-state index contributed by atoms with van der Waals surface area (Å²) < 4.78 is 25.9. The van der Waals surface area contributed by atoms with Crippen LogP contribution in [-0.4, -0.2) is 28.2 Å². The van der Waals surface area contributed by atoms with Crippen LogP contribution in [0, 0.1) is 0 Å². The molecule has 6 heteroatoms. The van der Waals surface area contributed by atoms with Crippen molar-refractivity contribution in [3.8, 4) is 0 Å². The van der Waals surface area contributed by atoms with Crippen LogP contribution in [0.15, 0.2) is 42.6 Å². The first-order chi connectivity index (χ1) is 12.6. The van der Waals surface area contributed by atoms with Crippen molar-refractivity contribution in [1.29, 1.82) is 0 Å². The maximum Gasteiger partial charge on any atom is 0.263 e. The van der Waals surface area contributed by atoms with Gasteiger partial charge in [-0.3, -0.25) is 0 Å². The van der Waals surface area contributed by atoms with E-state index in [-0.39, 0.29) is 5.56 Å². The molecule has 3 aromatic rings. The van der Waals surface area contributed by atoms with Gasteiger partial charge in [-0.15, -0.1) is 9.94 Å². The van der Waals surface area contributed by atoms with Gasteiger partial charge in [0, 0.05) is 17.5 Å². The van der Waals surface area contributed by atoms with Crippen molar-refractivity contribution in [3.05, 3.63) is 65.0 Å². The maximum atomic E-state index is 13.0. The molecule has 4 nitrogen and oxygen atoms in total. The Morgan fingerprint density at radius 3 is 2.65 bits per heavy atom. The summed E-state index contributed by atoms with van der Waals surface area (Å²) in [7, 11) is 0. The molecule has 1 aliphatic rings. The van der Waals surface area contributed by atoms with Crippen LogP contribution in [0.4, 0.5) is 8.78 Å². The summed E-state index contributed by atoms with van der Waals surface area (Å²) in [5.74, 6) is 0.387. The molecule has 4 rings (SSSR count). The van der Waals surface area contributed by atoms with Gasteiger partial charge >= 0.3 is 0 Å². The molecule has 2 N–H and O–H groups in total. The van der Waals surface area contributed by atoms with Crippen LogP contribution in [0.1, 0.15) is 47.6 Å². The third-order valence-electron chi connectivity index (χ3n) is 5.14. The van der Waals surface area contributed by atoms with Crippen molar-refractivity contribution < 1.29 is 14.0 Å². The van der Waals surface area contributed by atoms with Crippen LogP contribution in [-0.2, 0) is 6.42 Å². The Hall–Kier alpha value is -2.47. The Kier molecular flexibility index (Phi) is 4.59. The van der Waals surface area contributed by atoms with E-state index < -0.39 is 6.43 Å². The van der Waals surface area contributed by atoms with Gasteiger partial charge in [0.25, 0.3) is 6.43 Å². The summed E-state index contributed by atoms with van der Waals surface area (Å²) in [6.07, 6.45) is 1.84. The summed E-state index contributed by atoms with van der Waals surface area (Å²) in [5, 5.41) is 19.1. The highest BCUT2D eigenvalue weighted by molar-refractivity contribution is 5.84. The summed E-state index contributed by atoms with van der Waals surface area (Å²) >= 11 is 0. The molecule has 0 bridgehead atoms. The first kappa shape index (κ1) is 17.0. The highest BCUT2D eigenvalue weighted by atomic mass is 19.3. The fraction of sp³-hybridized carbons (Fsp3) is 0.350. The molecule has 2 heterocycles. The Morgan fingerprint density at radius 1 is 1.12 bits per heavy atom. The van der Waals surface area contributed by atoms with Crippen LogP contribution in [0.5, 0.6) is 0 Å². The van der Waals surface area contributed by atoms with Gasteiger partial charge in [-0.05, 0) is 54.3 Å². The number of nitrogens with one attached hydrogen (secondary N) is 1. The minimum atomic E-state index is -2.47. The van der Waals surface area contributed by atoms with E-state index in [4.69, 9.17) is 0 Å². The zero-order valence-corrected chi connectivity index (χ0v) is 14.3. The summed E-state index contributed by atoms with van der Waals surface area (Å²) in [5.41, 5.74) is 2.96. The molecule has 1 aromatic heterocycles. The van der Waals surface area contributed by atoms with Gasteiger partial charge in [0.2, 0.25) is 0 Å². The van der Waals surface area contributed by atoms with E-state index in [0.717, 1.165) is 58.4 Å². The summed E-state index contributed by atoms with van der Waals surface area (Å²) in [4.78, 5) is 0.892. The second-order valence-corrected chi connectivity index (χ2v) is 6.89. The third-order valence-corrected chi connectivity index (χ3v) is 5.14. The second-order valence-electron chi connectivity index (χ2n) is 6.89. The van der Waals surface area contributed by atoms with E-state index in [1.807, 2.05) is 18.2 Å². The normalized spacial score (nSPS) is 15.8. The van der Waals surface area contributed by atoms with Crippen molar-refractivity contribution in [3.63, 3.8) is 0 Å². The fourth-order valence-electron chi connectivity index (χ4n) is 3.77. The minimum absolute atomic E-state index is 0.0321. The second kappa shape index (κ2) is 7.03. The number of piperidine rings is 1.